The minimum Gasteiger partial charge on any atom is -0.341 e. The molecule has 0 radical (unpaired) electrons. The summed E-state index contributed by atoms with van der Waals surface area (Å²) in [6.45, 7) is 2.75. The molecule has 1 aromatic rings. The van der Waals surface area contributed by atoms with Gasteiger partial charge in [0.15, 0.2) is 0 Å². The molecule has 1 heterocycles. The van der Waals surface area contributed by atoms with E-state index in [4.69, 9.17) is 0 Å². The lowest BCUT2D eigenvalue weighted by atomic mass is 9.86. The second-order valence-corrected chi connectivity index (χ2v) is 8.40. The number of carbonyl (C=O) groups excluding carboxylic acids is 2. The summed E-state index contributed by atoms with van der Waals surface area (Å²) in [5.41, 5.74) is 0.699. The van der Waals surface area contributed by atoms with Gasteiger partial charge in [-0.2, -0.15) is 0 Å². The van der Waals surface area contributed by atoms with Crippen LogP contribution in [-0.2, 0) is 4.79 Å². The van der Waals surface area contributed by atoms with Gasteiger partial charge < -0.3 is 9.80 Å². The molecule has 26 heavy (non-hydrogen) atoms. The number of hydrogen-bond donors (Lipinski definition) is 0. The molecule has 1 saturated heterocycles. The van der Waals surface area contributed by atoms with Crippen molar-refractivity contribution in [3.8, 4) is 0 Å². The Balaban J connectivity index is 1.50. The molecule has 0 spiro atoms. The Kier molecular flexibility index (Phi) is 7.12. The molecule has 0 unspecified atom stereocenters. The summed E-state index contributed by atoms with van der Waals surface area (Å²) < 4.78 is 0.828. The van der Waals surface area contributed by atoms with Gasteiger partial charge in [0.1, 0.15) is 0 Å². The zero-order valence-corrected chi connectivity index (χ0v) is 17.0. The van der Waals surface area contributed by atoms with Crippen molar-refractivity contribution in [2.24, 2.45) is 5.92 Å². The highest BCUT2D eigenvalue weighted by Gasteiger charge is 2.24. The molecule has 2 amide bonds. The van der Waals surface area contributed by atoms with Gasteiger partial charge in [0.2, 0.25) is 5.91 Å². The zero-order valence-electron chi connectivity index (χ0n) is 15.5. The van der Waals surface area contributed by atoms with Crippen molar-refractivity contribution < 1.29 is 9.59 Å². The molecular formula is C21H29BrN2O2. The van der Waals surface area contributed by atoms with E-state index in [2.05, 4.69) is 15.9 Å². The van der Waals surface area contributed by atoms with Crippen LogP contribution in [0.3, 0.4) is 0 Å². The Morgan fingerprint density at radius 2 is 1.62 bits per heavy atom. The highest BCUT2D eigenvalue weighted by atomic mass is 79.9. The summed E-state index contributed by atoms with van der Waals surface area (Å²) in [7, 11) is 0. The van der Waals surface area contributed by atoms with Crippen LogP contribution in [0.2, 0.25) is 0 Å². The van der Waals surface area contributed by atoms with Crippen molar-refractivity contribution in [3.63, 3.8) is 0 Å². The second-order valence-electron chi connectivity index (χ2n) is 7.55. The van der Waals surface area contributed by atoms with Crippen molar-refractivity contribution in [3.05, 3.63) is 34.3 Å². The Bertz CT molecular complexity index is 628. The number of halogens is 1. The van der Waals surface area contributed by atoms with Gasteiger partial charge >= 0.3 is 0 Å². The van der Waals surface area contributed by atoms with Crippen LogP contribution in [0.25, 0.3) is 0 Å². The second kappa shape index (κ2) is 9.54. The maximum atomic E-state index is 12.8. The Labute approximate surface area is 165 Å². The van der Waals surface area contributed by atoms with Crippen molar-refractivity contribution in [2.45, 2.75) is 51.4 Å². The number of hydrogen-bond acceptors (Lipinski definition) is 2. The van der Waals surface area contributed by atoms with E-state index >= 15 is 0 Å². The summed E-state index contributed by atoms with van der Waals surface area (Å²) in [6.07, 6.45) is 9.16. The minimum absolute atomic E-state index is 0.0500. The first-order chi connectivity index (χ1) is 12.6. The molecule has 142 valence electrons. The van der Waals surface area contributed by atoms with E-state index in [-0.39, 0.29) is 11.8 Å². The number of amides is 2. The third kappa shape index (κ3) is 5.09. The maximum absolute atomic E-state index is 12.8. The van der Waals surface area contributed by atoms with Crippen molar-refractivity contribution in [2.75, 3.05) is 26.2 Å². The summed E-state index contributed by atoms with van der Waals surface area (Å²) in [5, 5.41) is 0. The monoisotopic (exact) mass is 420 g/mol. The molecule has 0 atom stereocenters. The average molecular weight is 421 g/mol. The fraction of sp³-hybridized carbons (Fsp3) is 0.619. The van der Waals surface area contributed by atoms with Gasteiger partial charge in [0.25, 0.3) is 5.91 Å². The highest BCUT2D eigenvalue weighted by Crippen LogP contribution is 2.27. The number of rotatable bonds is 4. The number of carbonyl (C=O) groups is 2. The van der Waals surface area contributed by atoms with E-state index in [0.717, 1.165) is 29.8 Å². The molecule has 3 rings (SSSR count). The third-order valence-corrected chi connectivity index (χ3v) is 6.42. The molecule has 2 aliphatic rings. The fourth-order valence-corrected chi connectivity index (χ4v) is 4.59. The highest BCUT2D eigenvalue weighted by molar-refractivity contribution is 9.10. The summed E-state index contributed by atoms with van der Waals surface area (Å²) in [5.74, 6) is 1.06. The molecule has 5 heteroatoms. The third-order valence-electron chi connectivity index (χ3n) is 5.73. The van der Waals surface area contributed by atoms with Crippen LogP contribution >= 0.6 is 15.9 Å². The van der Waals surface area contributed by atoms with Gasteiger partial charge in [-0.25, -0.2) is 0 Å². The Morgan fingerprint density at radius 1 is 0.923 bits per heavy atom. The van der Waals surface area contributed by atoms with E-state index < -0.39 is 0 Å². The van der Waals surface area contributed by atoms with E-state index in [1.54, 1.807) is 0 Å². The fourth-order valence-electron chi connectivity index (χ4n) is 4.14. The predicted molar refractivity (Wildman–Crippen MR) is 107 cm³/mol. The van der Waals surface area contributed by atoms with Gasteiger partial charge in [-0.15, -0.1) is 0 Å². The van der Waals surface area contributed by atoms with Gasteiger partial charge in [-0.1, -0.05) is 44.2 Å². The lowest BCUT2D eigenvalue weighted by molar-refractivity contribution is -0.131. The average Bonchev–Trinajstić information content (AvgIpc) is 2.93. The van der Waals surface area contributed by atoms with Crippen molar-refractivity contribution in [1.82, 2.24) is 9.80 Å². The smallest absolute Gasteiger partial charge is 0.255 e. The van der Waals surface area contributed by atoms with Crippen LogP contribution in [0.5, 0.6) is 0 Å². The topological polar surface area (TPSA) is 40.6 Å². The molecule has 1 saturated carbocycles. The standard InChI is InChI=1S/C21H29BrN2O2/c22-19-10-5-4-9-18(19)21(26)24-14-6-13-23(15-16-24)20(25)12-11-17-7-2-1-3-8-17/h4-5,9-10,17H,1-3,6-8,11-16H2. The van der Waals surface area contributed by atoms with Crippen LogP contribution in [0.15, 0.2) is 28.7 Å². The summed E-state index contributed by atoms with van der Waals surface area (Å²) in [6, 6.07) is 7.55. The van der Waals surface area contributed by atoms with E-state index in [1.807, 2.05) is 34.1 Å². The first-order valence-electron chi connectivity index (χ1n) is 9.97. The van der Waals surface area contributed by atoms with Crippen LogP contribution in [0, 0.1) is 5.92 Å². The molecular weight excluding hydrogens is 392 g/mol. The van der Waals surface area contributed by atoms with Crippen LogP contribution in [-0.4, -0.2) is 47.8 Å². The molecule has 0 N–H and O–H groups in total. The van der Waals surface area contributed by atoms with Crippen molar-refractivity contribution >= 4 is 27.7 Å². The lowest BCUT2D eigenvalue weighted by Crippen LogP contribution is -2.37. The maximum Gasteiger partial charge on any atom is 0.255 e. The molecule has 1 aliphatic heterocycles. The lowest BCUT2D eigenvalue weighted by Gasteiger charge is -2.25. The van der Waals surface area contributed by atoms with Crippen molar-refractivity contribution in [1.29, 1.82) is 0 Å². The van der Waals surface area contributed by atoms with E-state index in [9.17, 15) is 9.59 Å². The van der Waals surface area contributed by atoms with Gasteiger partial charge in [0.05, 0.1) is 5.56 Å². The van der Waals surface area contributed by atoms with E-state index in [0.29, 0.717) is 31.6 Å². The zero-order chi connectivity index (χ0) is 18.4. The van der Waals surface area contributed by atoms with E-state index in [1.165, 1.54) is 32.1 Å². The van der Waals surface area contributed by atoms with Crippen LogP contribution in [0.4, 0.5) is 0 Å². The minimum atomic E-state index is 0.0500. The molecule has 4 nitrogen and oxygen atoms in total. The molecule has 1 aliphatic carbocycles. The van der Waals surface area contributed by atoms with Crippen LogP contribution < -0.4 is 0 Å². The first kappa shape index (κ1) is 19.4. The van der Waals surface area contributed by atoms with Crippen LogP contribution in [0.1, 0.15) is 61.7 Å². The van der Waals surface area contributed by atoms with Gasteiger partial charge in [0, 0.05) is 37.1 Å². The Morgan fingerprint density at radius 3 is 2.38 bits per heavy atom. The summed E-state index contributed by atoms with van der Waals surface area (Å²) >= 11 is 3.46. The molecule has 1 aromatic carbocycles. The van der Waals surface area contributed by atoms with Gasteiger partial charge in [-0.3, -0.25) is 9.59 Å². The summed E-state index contributed by atoms with van der Waals surface area (Å²) in [4.78, 5) is 29.2. The first-order valence-corrected chi connectivity index (χ1v) is 10.8. The number of benzene rings is 1. The molecule has 0 aromatic heterocycles. The molecule has 2 fully saturated rings. The Hall–Kier alpha value is -1.36. The SMILES string of the molecule is O=C(CCC1CCCCC1)N1CCCN(C(=O)c2ccccc2Br)CC1. The molecule has 0 bridgehead atoms. The normalized spacial score (nSPS) is 19.3. The predicted octanol–water partition coefficient (Wildman–Crippen LogP) is 4.48. The quantitative estimate of drug-likeness (QED) is 0.719. The number of nitrogens with zero attached hydrogens (tertiary/aromatic N) is 2. The van der Waals surface area contributed by atoms with Gasteiger partial charge in [-0.05, 0) is 46.8 Å². The largest absolute Gasteiger partial charge is 0.341 e.